The third-order valence-electron chi connectivity index (χ3n) is 7.10. The highest BCUT2D eigenvalue weighted by Crippen LogP contribution is 2.37. The number of morpholine rings is 1. The third kappa shape index (κ3) is 6.98. The molecule has 41 heavy (non-hydrogen) atoms. The van der Waals surface area contributed by atoms with Crippen LogP contribution < -0.4 is 0 Å². The molecule has 0 radical (unpaired) electrons. The van der Waals surface area contributed by atoms with Gasteiger partial charge in [-0.1, -0.05) is 35.9 Å². The minimum atomic E-state index is -4.52. The Morgan fingerprint density at radius 1 is 1.05 bits per heavy atom. The number of rotatable bonds is 8. The van der Waals surface area contributed by atoms with Crippen LogP contribution in [0.2, 0.25) is 5.02 Å². The number of ether oxygens (including phenoxy) is 1. The summed E-state index contributed by atoms with van der Waals surface area (Å²) in [6.07, 6.45) is -4.06. The maximum Gasteiger partial charge on any atom is 0.416 e. The molecule has 0 spiro atoms. The van der Waals surface area contributed by atoms with Gasteiger partial charge < -0.3 is 9.64 Å². The molecule has 0 bridgehead atoms. The Hall–Kier alpha value is -3.25. The second kappa shape index (κ2) is 12.7. The van der Waals surface area contributed by atoms with Crippen LogP contribution in [0.4, 0.5) is 13.2 Å². The Morgan fingerprint density at radius 2 is 1.78 bits per heavy atom. The molecule has 1 fully saturated rings. The zero-order valence-electron chi connectivity index (χ0n) is 22.0. The van der Waals surface area contributed by atoms with E-state index in [4.69, 9.17) is 16.3 Å². The molecule has 0 N–H and O–H groups in total. The first-order chi connectivity index (χ1) is 19.7. The summed E-state index contributed by atoms with van der Waals surface area (Å²) in [5.74, 6) is -0.944. The van der Waals surface area contributed by atoms with E-state index in [0.29, 0.717) is 44.3 Å². The van der Waals surface area contributed by atoms with Crippen molar-refractivity contribution in [3.8, 4) is 0 Å². The van der Waals surface area contributed by atoms with E-state index in [1.165, 1.54) is 21.2 Å². The number of amides is 2. The summed E-state index contributed by atoms with van der Waals surface area (Å²) in [6, 6.07) is 14.7. The van der Waals surface area contributed by atoms with E-state index in [9.17, 15) is 22.8 Å². The number of carbonyl (C=O) groups excluding carboxylic acids is 2. The molecule has 0 aliphatic carbocycles. The lowest BCUT2D eigenvalue weighted by Crippen LogP contribution is -2.46. The molecule has 2 amide bonds. The van der Waals surface area contributed by atoms with Crippen molar-refractivity contribution in [2.45, 2.75) is 18.6 Å². The predicted molar refractivity (Wildman–Crippen MR) is 151 cm³/mol. The Balaban J connectivity index is 1.40. The van der Waals surface area contributed by atoms with Gasteiger partial charge in [0.15, 0.2) is 0 Å². The van der Waals surface area contributed by atoms with E-state index in [-0.39, 0.29) is 18.7 Å². The van der Waals surface area contributed by atoms with Crippen LogP contribution in [0.1, 0.15) is 38.8 Å². The predicted octanol–water partition coefficient (Wildman–Crippen LogP) is 5.57. The first-order valence-electron chi connectivity index (χ1n) is 13.1. The fourth-order valence-electron chi connectivity index (χ4n) is 4.88. The van der Waals surface area contributed by atoms with Gasteiger partial charge in [0, 0.05) is 43.2 Å². The van der Waals surface area contributed by atoms with E-state index in [1.807, 2.05) is 35.7 Å². The molecule has 1 atom stereocenters. The Labute approximate surface area is 244 Å². The first kappa shape index (κ1) is 29.2. The lowest BCUT2D eigenvalue weighted by atomic mass is 10.0. The van der Waals surface area contributed by atoms with Crippen molar-refractivity contribution in [2.75, 3.05) is 45.9 Å². The highest BCUT2D eigenvalue weighted by molar-refractivity contribution is 7.12. The molecule has 0 unspecified atom stereocenters. The molecule has 5 rings (SSSR count). The van der Waals surface area contributed by atoms with Crippen molar-refractivity contribution in [1.82, 2.24) is 14.8 Å². The molecule has 0 saturated carbocycles. The van der Waals surface area contributed by atoms with Crippen molar-refractivity contribution in [1.29, 1.82) is 0 Å². The average molecular weight is 605 g/mol. The molecule has 3 aromatic rings. The van der Waals surface area contributed by atoms with Gasteiger partial charge in [0.2, 0.25) is 0 Å². The second-order valence-corrected chi connectivity index (χ2v) is 11.1. The van der Waals surface area contributed by atoms with E-state index >= 15 is 0 Å². The van der Waals surface area contributed by atoms with Gasteiger partial charge in [0.05, 0.1) is 35.4 Å². The summed E-state index contributed by atoms with van der Waals surface area (Å²) < 4.78 is 44.7. The zero-order valence-corrected chi connectivity index (χ0v) is 23.6. The molecule has 2 aliphatic rings. The highest BCUT2D eigenvalue weighted by atomic mass is 35.5. The zero-order chi connectivity index (χ0) is 29.0. The van der Waals surface area contributed by atoms with Gasteiger partial charge in [0.25, 0.3) is 11.8 Å². The summed E-state index contributed by atoms with van der Waals surface area (Å²) in [5, 5.41) is 8.49. The molecular weight excluding hydrogens is 577 g/mol. The van der Waals surface area contributed by atoms with Crippen molar-refractivity contribution in [2.24, 2.45) is 5.10 Å². The van der Waals surface area contributed by atoms with Crippen molar-refractivity contribution >= 4 is 40.5 Å². The third-order valence-corrected chi connectivity index (χ3v) is 8.36. The number of hydrogen-bond acceptors (Lipinski definition) is 6. The standard InChI is InChI=1S/C29H28ClF3N4O3S/c30-23-5-2-1-4-22(23)25-18-24(26-6-3-17-41-26)34-37(25)27(38)19-36(12-11-35-13-15-40-16-14-35)28(39)20-7-9-21(10-8-20)29(31,32)33/h1-10,17,25H,11-16,18-19H2/t25-/m1/s1. The first-order valence-corrected chi connectivity index (χ1v) is 14.4. The SMILES string of the molecule is O=C(c1ccc(C(F)(F)F)cc1)N(CCN1CCOCC1)CC(=O)N1N=C(c2cccs2)C[C@@H]1c1ccccc1Cl. The quantitative estimate of drug-likeness (QED) is 0.337. The van der Waals surface area contributed by atoms with Crippen LogP contribution >= 0.6 is 22.9 Å². The summed E-state index contributed by atoms with van der Waals surface area (Å²) in [6.45, 7) is 2.90. The minimum absolute atomic E-state index is 0.0691. The number of hydrazone groups is 1. The Bertz CT molecular complexity index is 1390. The fraction of sp³-hybridized carbons (Fsp3) is 0.345. The molecule has 7 nitrogen and oxygen atoms in total. The molecule has 12 heteroatoms. The summed E-state index contributed by atoms with van der Waals surface area (Å²) >= 11 is 8.03. The molecule has 2 aromatic carbocycles. The van der Waals surface area contributed by atoms with Crippen LogP contribution in [0.25, 0.3) is 0 Å². The molecule has 1 saturated heterocycles. The van der Waals surface area contributed by atoms with E-state index in [2.05, 4.69) is 10.0 Å². The van der Waals surface area contributed by atoms with E-state index < -0.39 is 29.6 Å². The van der Waals surface area contributed by atoms with Crippen LogP contribution in [0.3, 0.4) is 0 Å². The number of halogens is 4. The van der Waals surface area contributed by atoms with Gasteiger partial charge in [-0.25, -0.2) is 5.01 Å². The van der Waals surface area contributed by atoms with Gasteiger partial charge in [-0.3, -0.25) is 14.5 Å². The Morgan fingerprint density at radius 3 is 2.44 bits per heavy atom. The van der Waals surface area contributed by atoms with Crippen molar-refractivity contribution in [3.63, 3.8) is 0 Å². The maximum absolute atomic E-state index is 13.8. The van der Waals surface area contributed by atoms with Gasteiger partial charge >= 0.3 is 6.18 Å². The second-order valence-electron chi connectivity index (χ2n) is 9.76. The molecular formula is C29H28ClF3N4O3S. The lowest BCUT2D eigenvalue weighted by Gasteiger charge is -2.31. The molecule has 1 aromatic heterocycles. The Kier molecular flexibility index (Phi) is 9.08. The number of nitrogens with zero attached hydrogens (tertiary/aromatic N) is 4. The van der Waals surface area contributed by atoms with E-state index in [1.54, 1.807) is 6.07 Å². The summed E-state index contributed by atoms with van der Waals surface area (Å²) in [5.41, 5.74) is 0.707. The van der Waals surface area contributed by atoms with Crippen LogP contribution in [-0.2, 0) is 15.7 Å². The number of alkyl halides is 3. The van der Waals surface area contributed by atoms with Gasteiger partial charge in [-0.05, 0) is 47.3 Å². The van der Waals surface area contributed by atoms with Crippen LogP contribution in [0.5, 0.6) is 0 Å². The van der Waals surface area contributed by atoms with Crippen LogP contribution in [0.15, 0.2) is 71.1 Å². The van der Waals surface area contributed by atoms with Crippen LogP contribution in [-0.4, -0.2) is 78.3 Å². The topological polar surface area (TPSA) is 65.5 Å². The lowest BCUT2D eigenvalue weighted by molar-refractivity contribution is -0.137. The maximum atomic E-state index is 13.8. The number of thiophene rings is 1. The van der Waals surface area contributed by atoms with E-state index in [0.717, 1.165) is 40.4 Å². The molecule has 216 valence electrons. The highest BCUT2D eigenvalue weighted by Gasteiger charge is 2.36. The van der Waals surface area contributed by atoms with Gasteiger partial charge in [0.1, 0.15) is 6.54 Å². The summed E-state index contributed by atoms with van der Waals surface area (Å²) in [7, 11) is 0. The van der Waals surface area contributed by atoms with Gasteiger partial charge in [-0.2, -0.15) is 18.3 Å². The van der Waals surface area contributed by atoms with Gasteiger partial charge in [-0.15, -0.1) is 11.3 Å². The number of hydrogen-bond donors (Lipinski definition) is 0. The van der Waals surface area contributed by atoms with Crippen molar-refractivity contribution < 1.29 is 27.5 Å². The molecule has 2 aliphatic heterocycles. The normalized spacial score (nSPS) is 17.9. The average Bonchev–Trinajstić information content (AvgIpc) is 3.66. The summed E-state index contributed by atoms with van der Waals surface area (Å²) in [4.78, 5) is 31.8. The number of carbonyl (C=O) groups is 2. The fourth-order valence-corrected chi connectivity index (χ4v) is 5.86. The monoisotopic (exact) mass is 604 g/mol. The number of benzene rings is 2. The molecule has 3 heterocycles. The van der Waals surface area contributed by atoms with Crippen molar-refractivity contribution in [3.05, 3.63) is 92.6 Å². The smallest absolute Gasteiger partial charge is 0.379 e. The minimum Gasteiger partial charge on any atom is -0.379 e. The van der Waals surface area contributed by atoms with Crippen LogP contribution in [0, 0.1) is 0 Å². The largest absolute Gasteiger partial charge is 0.416 e.